The van der Waals surface area contributed by atoms with Crippen molar-refractivity contribution in [3.8, 4) is 11.5 Å². The van der Waals surface area contributed by atoms with E-state index in [1.165, 1.54) is 25.3 Å². The zero-order chi connectivity index (χ0) is 17.7. The van der Waals surface area contributed by atoms with E-state index in [1.807, 2.05) is 0 Å². The standard InChI is InChI=1S/C15H12Br2N2O5/c1-23-10-3-4-12(13(7-10)19(21)22)18-15(20)8-24-14-5-2-9(16)6-11(14)17/h2-7H,8H2,1H3,(H,18,20). The molecule has 0 fully saturated rings. The minimum Gasteiger partial charge on any atom is -0.496 e. The molecule has 0 bridgehead atoms. The predicted octanol–water partition coefficient (Wildman–Crippen LogP) is 4.15. The third-order valence-corrected chi connectivity index (χ3v) is 4.04. The van der Waals surface area contributed by atoms with Crippen molar-refractivity contribution in [2.45, 2.75) is 0 Å². The van der Waals surface area contributed by atoms with Crippen molar-refractivity contribution in [2.75, 3.05) is 19.0 Å². The van der Waals surface area contributed by atoms with Crippen LogP contribution < -0.4 is 14.8 Å². The number of carbonyl (C=O) groups excluding carboxylic acids is 1. The van der Waals surface area contributed by atoms with Gasteiger partial charge in [0.1, 0.15) is 17.2 Å². The number of nitrogens with zero attached hydrogens (tertiary/aromatic N) is 1. The summed E-state index contributed by atoms with van der Waals surface area (Å²) in [5.41, 5.74) is -0.184. The van der Waals surface area contributed by atoms with Crippen LogP contribution in [0.4, 0.5) is 11.4 Å². The monoisotopic (exact) mass is 458 g/mol. The van der Waals surface area contributed by atoms with Crippen molar-refractivity contribution in [1.82, 2.24) is 0 Å². The van der Waals surface area contributed by atoms with E-state index in [-0.39, 0.29) is 18.0 Å². The Hall–Kier alpha value is -2.13. The summed E-state index contributed by atoms with van der Waals surface area (Å²) in [7, 11) is 1.40. The van der Waals surface area contributed by atoms with Crippen molar-refractivity contribution in [3.63, 3.8) is 0 Å². The van der Waals surface area contributed by atoms with E-state index in [1.54, 1.807) is 18.2 Å². The Morgan fingerprint density at radius 1 is 1.25 bits per heavy atom. The molecule has 1 amide bonds. The zero-order valence-corrected chi connectivity index (χ0v) is 15.6. The van der Waals surface area contributed by atoms with Crippen LogP contribution in [0.25, 0.3) is 0 Å². The van der Waals surface area contributed by atoms with E-state index in [9.17, 15) is 14.9 Å². The third kappa shape index (κ3) is 4.68. The molecule has 0 aliphatic rings. The number of amides is 1. The zero-order valence-electron chi connectivity index (χ0n) is 12.4. The lowest BCUT2D eigenvalue weighted by Gasteiger charge is -2.10. The van der Waals surface area contributed by atoms with Crippen LogP contribution in [0.3, 0.4) is 0 Å². The minimum absolute atomic E-state index is 0.0734. The van der Waals surface area contributed by atoms with E-state index in [0.29, 0.717) is 16.0 Å². The van der Waals surface area contributed by atoms with E-state index >= 15 is 0 Å². The second-order valence-electron chi connectivity index (χ2n) is 4.55. The van der Waals surface area contributed by atoms with Crippen LogP contribution in [0, 0.1) is 10.1 Å². The second-order valence-corrected chi connectivity index (χ2v) is 6.32. The molecule has 9 heteroatoms. The lowest BCUT2D eigenvalue weighted by atomic mass is 10.2. The first-order chi connectivity index (χ1) is 11.4. The molecule has 0 aliphatic carbocycles. The highest BCUT2D eigenvalue weighted by atomic mass is 79.9. The summed E-state index contributed by atoms with van der Waals surface area (Å²) < 4.78 is 11.9. The highest BCUT2D eigenvalue weighted by molar-refractivity contribution is 9.11. The summed E-state index contributed by atoms with van der Waals surface area (Å²) in [6.07, 6.45) is 0. The Kier molecular flexibility index (Phi) is 6.16. The van der Waals surface area contributed by atoms with Crippen molar-refractivity contribution in [1.29, 1.82) is 0 Å². The highest BCUT2D eigenvalue weighted by Crippen LogP contribution is 2.30. The van der Waals surface area contributed by atoms with Crippen LogP contribution in [0.1, 0.15) is 0 Å². The number of anilines is 1. The maximum absolute atomic E-state index is 12.0. The number of ether oxygens (including phenoxy) is 2. The van der Waals surface area contributed by atoms with Gasteiger partial charge in [-0.05, 0) is 46.3 Å². The lowest BCUT2D eigenvalue weighted by Crippen LogP contribution is -2.20. The van der Waals surface area contributed by atoms with Gasteiger partial charge in [-0.1, -0.05) is 15.9 Å². The van der Waals surface area contributed by atoms with Gasteiger partial charge in [0, 0.05) is 4.47 Å². The Morgan fingerprint density at radius 2 is 2.00 bits per heavy atom. The first-order valence-electron chi connectivity index (χ1n) is 6.61. The molecule has 0 unspecified atom stereocenters. The summed E-state index contributed by atoms with van der Waals surface area (Å²) in [5.74, 6) is 0.297. The summed E-state index contributed by atoms with van der Waals surface area (Å²) in [4.78, 5) is 22.5. The Bertz CT molecular complexity index is 782. The van der Waals surface area contributed by atoms with E-state index in [0.717, 1.165) is 4.47 Å². The molecule has 0 spiro atoms. The van der Waals surface area contributed by atoms with Gasteiger partial charge in [-0.3, -0.25) is 14.9 Å². The minimum atomic E-state index is -0.593. The topological polar surface area (TPSA) is 90.7 Å². The smallest absolute Gasteiger partial charge is 0.296 e. The van der Waals surface area contributed by atoms with Gasteiger partial charge in [0.25, 0.3) is 11.6 Å². The van der Waals surface area contributed by atoms with Crippen LogP contribution in [0.2, 0.25) is 0 Å². The second kappa shape index (κ2) is 8.11. The van der Waals surface area contributed by atoms with Crippen LogP contribution in [0.5, 0.6) is 11.5 Å². The van der Waals surface area contributed by atoms with Crippen LogP contribution in [0.15, 0.2) is 45.3 Å². The average molecular weight is 460 g/mol. The molecule has 2 rings (SSSR count). The Morgan fingerprint density at radius 3 is 2.62 bits per heavy atom. The summed E-state index contributed by atoms with van der Waals surface area (Å²) >= 11 is 6.64. The number of hydrogen-bond acceptors (Lipinski definition) is 5. The van der Waals surface area contributed by atoms with E-state index < -0.39 is 10.8 Å². The number of halogens is 2. The van der Waals surface area contributed by atoms with Gasteiger partial charge in [-0.25, -0.2) is 0 Å². The SMILES string of the molecule is COc1ccc(NC(=O)COc2ccc(Br)cc2Br)c([N+](=O)[O-])c1. The fourth-order valence-electron chi connectivity index (χ4n) is 1.82. The molecule has 0 atom stereocenters. The molecule has 7 nitrogen and oxygen atoms in total. The summed E-state index contributed by atoms with van der Waals surface area (Å²) in [6.45, 7) is -0.288. The van der Waals surface area contributed by atoms with Crippen LogP contribution in [-0.2, 0) is 4.79 Å². The quantitative estimate of drug-likeness (QED) is 0.517. The van der Waals surface area contributed by atoms with Gasteiger partial charge in [0.15, 0.2) is 6.61 Å². The van der Waals surface area contributed by atoms with Crippen molar-refractivity contribution in [3.05, 3.63) is 55.5 Å². The molecule has 1 N–H and O–H groups in total. The molecular formula is C15H12Br2N2O5. The third-order valence-electron chi connectivity index (χ3n) is 2.93. The Balaban J connectivity index is 2.05. The fraction of sp³-hybridized carbons (Fsp3) is 0.133. The van der Waals surface area contributed by atoms with Gasteiger partial charge in [0.2, 0.25) is 0 Å². The number of methoxy groups -OCH3 is 1. The molecule has 2 aromatic rings. The molecule has 2 aromatic carbocycles. The van der Waals surface area contributed by atoms with Gasteiger partial charge in [-0.15, -0.1) is 0 Å². The largest absolute Gasteiger partial charge is 0.496 e. The molecular weight excluding hydrogens is 448 g/mol. The number of benzene rings is 2. The maximum atomic E-state index is 12.0. The molecule has 0 saturated heterocycles. The van der Waals surface area contributed by atoms with Crippen molar-refractivity contribution in [2.24, 2.45) is 0 Å². The molecule has 0 saturated carbocycles. The van der Waals surface area contributed by atoms with Crippen molar-refractivity contribution >= 4 is 49.1 Å². The van der Waals surface area contributed by atoms with Gasteiger partial charge in [-0.2, -0.15) is 0 Å². The number of rotatable bonds is 6. The molecule has 0 radical (unpaired) electrons. The number of nitrogens with one attached hydrogen (secondary N) is 1. The summed E-state index contributed by atoms with van der Waals surface area (Å²) in [6, 6.07) is 9.41. The maximum Gasteiger partial charge on any atom is 0.296 e. The number of hydrogen-bond donors (Lipinski definition) is 1. The molecule has 0 aliphatic heterocycles. The van der Waals surface area contributed by atoms with Gasteiger partial charge in [0.05, 0.1) is 22.6 Å². The highest BCUT2D eigenvalue weighted by Gasteiger charge is 2.17. The normalized spacial score (nSPS) is 10.1. The predicted molar refractivity (Wildman–Crippen MR) is 95.6 cm³/mol. The number of nitro benzene ring substituents is 1. The first-order valence-corrected chi connectivity index (χ1v) is 8.19. The molecule has 24 heavy (non-hydrogen) atoms. The number of nitro groups is 1. The fourth-order valence-corrected chi connectivity index (χ4v) is 2.98. The molecule has 126 valence electrons. The molecule has 0 aromatic heterocycles. The number of carbonyl (C=O) groups is 1. The van der Waals surface area contributed by atoms with Crippen LogP contribution >= 0.6 is 31.9 Å². The summed E-state index contributed by atoms with van der Waals surface area (Å²) in [5, 5.41) is 13.5. The van der Waals surface area contributed by atoms with Gasteiger partial charge < -0.3 is 14.8 Å². The average Bonchev–Trinajstić information content (AvgIpc) is 2.54. The molecule has 0 heterocycles. The van der Waals surface area contributed by atoms with E-state index in [2.05, 4.69) is 37.2 Å². The van der Waals surface area contributed by atoms with Gasteiger partial charge >= 0.3 is 0 Å². The van der Waals surface area contributed by atoms with Crippen molar-refractivity contribution < 1.29 is 19.2 Å². The van der Waals surface area contributed by atoms with E-state index in [4.69, 9.17) is 9.47 Å². The lowest BCUT2D eigenvalue weighted by molar-refractivity contribution is -0.384. The van der Waals surface area contributed by atoms with Crippen LogP contribution in [-0.4, -0.2) is 24.5 Å². The first kappa shape index (κ1) is 18.2. The Labute approximate surface area is 154 Å².